The Labute approximate surface area is 132 Å². The largest absolute Gasteiger partial charge is 0.269 e. The number of nitro groups is 1. The molecule has 0 atom stereocenters. The molecule has 9 heteroatoms. The molecule has 0 saturated carbocycles. The van der Waals surface area contributed by atoms with E-state index in [4.69, 9.17) is 11.6 Å². The third-order valence-corrected chi connectivity index (χ3v) is 4.53. The Bertz CT molecular complexity index is 761. The van der Waals surface area contributed by atoms with Crippen molar-refractivity contribution in [3.05, 3.63) is 63.4 Å². The summed E-state index contributed by atoms with van der Waals surface area (Å²) in [6.07, 6.45) is 1.59. The minimum Gasteiger partial charge on any atom is -0.258 e. The highest BCUT2D eigenvalue weighted by atomic mass is 35.5. The zero-order valence-electron chi connectivity index (χ0n) is 11.3. The minimum absolute atomic E-state index is 0.00318. The summed E-state index contributed by atoms with van der Waals surface area (Å²) in [6.45, 7) is 0.169. The molecule has 0 radical (unpaired) electrons. The molecule has 116 valence electrons. The third kappa shape index (κ3) is 4.23. The van der Waals surface area contributed by atoms with Crippen LogP contribution in [0.3, 0.4) is 0 Å². The number of hydrogen-bond donors (Lipinski definition) is 1. The van der Waals surface area contributed by atoms with Crippen molar-refractivity contribution in [2.45, 2.75) is 11.3 Å². The summed E-state index contributed by atoms with van der Waals surface area (Å²) in [5, 5.41) is 10.7. The van der Waals surface area contributed by atoms with Gasteiger partial charge in [-0.15, -0.1) is 0 Å². The van der Waals surface area contributed by atoms with E-state index >= 15 is 0 Å². The number of sulfonamides is 1. The van der Waals surface area contributed by atoms with Gasteiger partial charge in [-0.1, -0.05) is 23.7 Å². The minimum atomic E-state index is -3.65. The molecule has 22 heavy (non-hydrogen) atoms. The van der Waals surface area contributed by atoms with Crippen molar-refractivity contribution in [2.24, 2.45) is 0 Å². The predicted octanol–water partition coefficient (Wildman–Crippen LogP) is 2.16. The van der Waals surface area contributed by atoms with Crippen LogP contribution in [0.2, 0.25) is 5.15 Å². The quantitative estimate of drug-likeness (QED) is 0.492. The van der Waals surface area contributed by atoms with Crippen LogP contribution in [0.5, 0.6) is 0 Å². The van der Waals surface area contributed by atoms with Crippen molar-refractivity contribution in [1.82, 2.24) is 9.71 Å². The number of nitro benzene ring substituents is 1. The zero-order chi connectivity index (χ0) is 16.2. The van der Waals surface area contributed by atoms with Crippen molar-refractivity contribution in [3.8, 4) is 0 Å². The van der Waals surface area contributed by atoms with E-state index in [9.17, 15) is 18.5 Å². The van der Waals surface area contributed by atoms with Gasteiger partial charge in [-0.25, -0.2) is 18.1 Å². The van der Waals surface area contributed by atoms with Crippen LogP contribution in [0.25, 0.3) is 0 Å². The highest BCUT2D eigenvalue weighted by Gasteiger charge is 2.13. The number of non-ortho nitro benzene ring substituents is 1. The van der Waals surface area contributed by atoms with E-state index < -0.39 is 14.9 Å². The van der Waals surface area contributed by atoms with Crippen molar-refractivity contribution < 1.29 is 13.3 Å². The second-order valence-electron chi connectivity index (χ2n) is 4.39. The Morgan fingerprint density at radius 3 is 2.41 bits per heavy atom. The van der Waals surface area contributed by atoms with Crippen LogP contribution >= 0.6 is 11.6 Å². The predicted molar refractivity (Wildman–Crippen MR) is 81.2 cm³/mol. The molecule has 1 N–H and O–H groups in total. The molecule has 0 saturated heterocycles. The van der Waals surface area contributed by atoms with Crippen molar-refractivity contribution in [3.63, 3.8) is 0 Å². The number of aromatic nitrogens is 1. The van der Waals surface area contributed by atoms with Gasteiger partial charge in [-0.2, -0.15) is 0 Å². The monoisotopic (exact) mass is 341 g/mol. The maximum Gasteiger partial charge on any atom is 0.269 e. The summed E-state index contributed by atoms with van der Waals surface area (Å²) in [4.78, 5) is 13.8. The van der Waals surface area contributed by atoms with Crippen molar-refractivity contribution in [1.29, 1.82) is 0 Å². The fourth-order valence-corrected chi connectivity index (χ4v) is 2.81. The summed E-state index contributed by atoms with van der Waals surface area (Å²) >= 11 is 5.61. The zero-order valence-corrected chi connectivity index (χ0v) is 12.8. The molecule has 1 aromatic heterocycles. The molecular formula is C13H12ClN3O4S. The van der Waals surface area contributed by atoms with E-state index in [1.807, 2.05) is 0 Å². The number of benzene rings is 1. The fourth-order valence-electron chi connectivity index (χ4n) is 1.72. The first kappa shape index (κ1) is 16.3. The van der Waals surface area contributed by atoms with E-state index in [0.29, 0.717) is 6.42 Å². The van der Waals surface area contributed by atoms with E-state index in [1.54, 1.807) is 12.1 Å². The summed E-state index contributed by atoms with van der Waals surface area (Å²) < 4.78 is 26.4. The van der Waals surface area contributed by atoms with Crippen LogP contribution in [0, 0.1) is 10.1 Å². The van der Waals surface area contributed by atoms with Crippen LogP contribution in [0.1, 0.15) is 5.56 Å². The summed E-state index contributed by atoms with van der Waals surface area (Å²) in [5.74, 6) is 0. The Morgan fingerprint density at radius 1 is 1.18 bits per heavy atom. The average molecular weight is 342 g/mol. The Kier molecular flexibility index (Phi) is 5.07. The fraction of sp³-hybridized carbons (Fsp3) is 0.154. The van der Waals surface area contributed by atoms with Gasteiger partial charge in [0.15, 0.2) is 0 Å². The maximum atomic E-state index is 12.0. The molecule has 1 heterocycles. The first-order chi connectivity index (χ1) is 10.4. The summed E-state index contributed by atoms with van der Waals surface area (Å²) in [7, 11) is -3.65. The van der Waals surface area contributed by atoms with Gasteiger partial charge < -0.3 is 0 Å². The number of hydrogen-bond acceptors (Lipinski definition) is 5. The molecule has 2 rings (SSSR count). The van der Waals surface area contributed by atoms with E-state index in [2.05, 4.69) is 9.71 Å². The first-order valence-electron chi connectivity index (χ1n) is 6.23. The number of halogens is 1. The number of nitrogens with one attached hydrogen (secondary N) is 1. The van der Waals surface area contributed by atoms with Crippen LogP contribution in [0.4, 0.5) is 5.69 Å². The van der Waals surface area contributed by atoms with Gasteiger partial charge in [-0.05, 0) is 24.1 Å². The first-order valence-corrected chi connectivity index (χ1v) is 8.09. The van der Waals surface area contributed by atoms with Crippen LogP contribution in [0.15, 0.2) is 47.5 Å². The molecule has 0 aliphatic rings. The highest BCUT2D eigenvalue weighted by molar-refractivity contribution is 7.89. The van der Waals surface area contributed by atoms with Gasteiger partial charge in [0.2, 0.25) is 10.0 Å². The molecule has 2 aromatic rings. The van der Waals surface area contributed by atoms with Gasteiger partial charge in [-0.3, -0.25) is 10.1 Å². The number of rotatable bonds is 6. The van der Waals surface area contributed by atoms with E-state index in [1.165, 1.54) is 30.5 Å². The van der Waals surface area contributed by atoms with E-state index in [0.717, 1.165) is 5.56 Å². The van der Waals surface area contributed by atoms with Gasteiger partial charge >= 0.3 is 0 Å². The molecule has 0 bridgehead atoms. The lowest BCUT2D eigenvalue weighted by Crippen LogP contribution is -2.26. The van der Waals surface area contributed by atoms with Crippen molar-refractivity contribution >= 4 is 27.3 Å². The third-order valence-electron chi connectivity index (χ3n) is 2.86. The lowest BCUT2D eigenvalue weighted by atomic mass is 10.1. The van der Waals surface area contributed by atoms with Crippen molar-refractivity contribution in [2.75, 3.05) is 6.54 Å². The van der Waals surface area contributed by atoms with Gasteiger partial charge in [0.1, 0.15) is 10.0 Å². The Balaban J connectivity index is 1.95. The Hall–Kier alpha value is -2.03. The van der Waals surface area contributed by atoms with Gasteiger partial charge in [0.05, 0.1) is 4.92 Å². The normalized spacial score (nSPS) is 11.3. The Morgan fingerprint density at radius 2 is 1.86 bits per heavy atom. The lowest BCUT2D eigenvalue weighted by Gasteiger charge is -2.06. The molecule has 0 amide bonds. The van der Waals surface area contributed by atoms with Crippen LogP contribution in [-0.2, 0) is 16.4 Å². The SMILES string of the molecule is O=[N+]([O-])c1ccc(CCNS(=O)(=O)c2ccc(Cl)nc2)cc1. The molecular weight excluding hydrogens is 330 g/mol. The van der Waals surface area contributed by atoms with E-state index in [-0.39, 0.29) is 22.3 Å². The summed E-state index contributed by atoms with van der Waals surface area (Å²) in [6, 6.07) is 8.71. The number of pyridine rings is 1. The summed E-state index contributed by atoms with van der Waals surface area (Å²) in [5.41, 5.74) is 0.791. The average Bonchev–Trinajstić information content (AvgIpc) is 2.48. The smallest absolute Gasteiger partial charge is 0.258 e. The molecule has 0 fully saturated rings. The molecule has 0 spiro atoms. The topological polar surface area (TPSA) is 102 Å². The highest BCUT2D eigenvalue weighted by Crippen LogP contribution is 2.13. The standard InChI is InChI=1S/C13H12ClN3O4S/c14-13-6-5-12(9-15-13)22(20,21)16-8-7-10-1-3-11(4-2-10)17(18)19/h1-6,9,16H,7-8H2. The van der Waals surface area contributed by atoms with Gasteiger partial charge in [0, 0.05) is 24.9 Å². The molecule has 7 nitrogen and oxygen atoms in total. The molecule has 0 aliphatic heterocycles. The maximum absolute atomic E-state index is 12.0. The molecule has 0 unspecified atom stereocenters. The number of nitrogens with zero attached hydrogens (tertiary/aromatic N) is 2. The van der Waals surface area contributed by atoms with Crippen LogP contribution in [-0.4, -0.2) is 24.9 Å². The second kappa shape index (κ2) is 6.82. The molecule has 0 aliphatic carbocycles. The molecule has 1 aromatic carbocycles. The van der Waals surface area contributed by atoms with Gasteiger partial charge in [0.25, 0.3) is 5.69 Å². The van der Waals surface area contributed by atoms with Crippen LogP contribution < -0.4 is 4.72 Å². The lowest BCUT2D eigenvalue weighted by molar-refractivity contribution is -0.384. The second-order valence-corrected chi connectivity index (χ2v) is 6.54.